The summed E-state index contributed by atoms with van der Waals surface area (Å²) in [5.74, 6) is 0.447. The number of nitro groups is 1. The second-order valence-corrected chi connectivity index (χ2v) is 6.78. The molecule has 1 aliphatic heterocycles. The molecule has 3 aliphatic rings. The van der Waals surface area contributed by atoms with E-state index >= 15 is 0 Å². The molecule has 21 heavy (non-hydrogen) atoms. The van der Waals surface area contributed by atoms with Crippen molar-refractivity contribution in [1.82, 2.24) is 5.32 Å². The number of phenols is 1. The summed E-state index contributed by atoms with van der Waals surface area (Å²) in [4.78, 5) is 10.6. The van der Waals surface area contributed by atoms with Crippen LogP contribution in [0.25, 0.3) is 0 Å². The van der Waals surface area contributed by atoms with E-state index in [1.807, 2.05) is 0 Å². The number of rotatable bonds is 1. The molecule has 1 aromatic carbocycles. The monoisotopic (exact) mass is 288 g/mol. The summed E-state index contributed by atoms with van der Waals surface area (Å²) in [6.07, 6.45) is 6.82. The van der Waals surface area contributed by atoms with E-state index in [-0.39, 0.29) is 16.9 Å². The van der Waals surface area contributed by atoms with Crippen molar-refractivity contribution in [3.8, 4) is 5.75 Å². The number of fused-ring (bicyclic) bond motifs is 1. The van der Waals surface area contributed by atoms with Gasteiger partial charge >= 0.3 is 5.69 Å². The Morgan fingerprint density at radius 2 is 2.19 bits per heavy atom. The van der Waals surface area contributed by atoms with Crippen LogP contribution in [0, 0.1) is 16.0 Å². The molecule has 0 spiro atoms. The van der Waals surface area contributed by atoms with Gasteiger partial charge in [0.15, 0.2) is 5.75 Å². The Bertz CT molecular complexity index is 612. The molecule has 3 atom stereocenters. The largest absolute Gasteiger partial charge is 0.502 e. The summed E-state index contributed by atoms with van der Waals surface area (Å²) in [6.45, 7) is 1.01. The molecule has 5 nitrogen and oxygen atoms in total. The Morgan fingerprint density at radius 1 is 1.33 bits per heavy atom. The third-order valence-electron chi connectivity index (χ3n) is 5.93. The number of hydrogen-bond acceptors (Lipinski definition) is 4. The molecule has 0 amide bonds. The molecule has 2 fully saturated rings. The Morgan fingerprint density at radius 3 is 3.00 bits per heavy atom. The fourth-order valence-electron chi connectivity index (χ4n) is 5.11. The van der Waals surface area contributed by atoms with Crippen molar-refractivity contribution in [1.29, 1.82) is 0 Å². The van der Waals surface area contributed by atoms with E-state index in [2.05, 4.69) is 5.32 Å². The number of nitrogens with zero attached hydrogens (tertiary/aromatic N) is 1. The normalized spacial score (nSPS) is 33.9. The minimum absolute atomic E-state index is 0.133. The minimum Gasteiger partial charge on any atom is -0.502 e. The van der Waals surface area contributed by atoms with E-state index in [0.717, 1.165) is 31.4 Å². The van der Waals surface area contributed by atoms with Crippen molar-refractivity contribution in [3.63, 3.8) is 0 Å². The van der Waals surface area contributed by atoms with E-state index in [1.54, 1.807) is 12.1 Å². The summed E-state index contributed by atoms with van der Waals surface area (Å²) in [6, 6.07) is 3.75. The zero-order chi connectivity index (χ0) is 14.6. The lowest BCUT2D eigenvalue weighted by atomic mass is 9.53. The van der Waals surface area contributed by atoms with Gasteiger partial charge in [-0.3, -0.25) is 10.1 Å². The van der Waals surface area contributed by atoms with Crippen molar-refractivity contribution in [2.75, 3.05) is 6.54 Å². The average Bonchev–Trinajstić information content (AvgIpc) is 2.47. The lowest BCUT2D eigenvalue weighted by molar-refractivity contribution is -0.386. The first-order valence-corrected chi connectivity index (χ1v) is 7.86. The van der Waals surface area contributed by atoms with Gasteiger partial charge in [-0.15, -0.1) is 0 Å². The topological polar surface area (TPSA) is 75.4 Å². The van der Waals surface area contributed by atoms with E-state index < -0.39 is 4.92 Å². The quantitative estimate of drug-likeness (QED) is 0.615. The van der Waals surface area contributed by atoms with Crippen LogP contribution in [0.3, 0.4) is 0 Å². The molecule has 2 bridgehead atoms. The molecule has 1 saturated carbocycles. The maximum absolute atomic E-state index is 11.1. The smallest absolute Gasteiger partial charge is 0.310 e. The maximum Gasteiger partial charge on any atom is 0.310 e. The SMILES string of the molecule is O=[N+]([O-])c1cc2c(cc1O)[C@@]13CCCC[C@H]1[C@@H](C2)NCC3. The first kappa shape index (κ1) is 13.1. The van der Waals surface area contributed by atoms with Gasteiger partial charge in [-0.25, -0.2) is 0 Å². The molecule has 0 aromatic heterocycles. The zero-order valence-electron chi connectivity index (χ0n) is 12.0. The third kappa shape index (κ3) is 1.73. The molecule has 0 radical (unpaired) electrons. The van der Waals surface area contributed by atoms with Crippen LogP contribution < -0.4 is 5.32 Å². The van der Waals surface area contributed by atoms with E-state index in [4.69, 9.17) is 0 Å². The van der Waals surface area contributed by atoms with Crippen LogP contribution >= 0.6 is 0 Å². The molecule has 5 heteroatoms. The summed E-state index contributed by atoms with van der Waals surface area (Å²) >= 11 is 0. The Hall–Kier alpha value is -1.62. The van der Waals surface area contributed by atoms with Crippen molar-refractivity contribution < 1.29 is 10.0 Å². The molecule has 112 valence electrons. The standard InChI is InChI=1S/C16H20N2O3/c19-15-9-12-10(8-14(15)18(20)21)7-13-11-3-1-2-4-16(11,12)5-6-17-13/h8-9,11,13,17,19H,1-7H2/t11-,13+,16+/m0/s1. The fourth-order valence-corrected chi connectivity index (χ4v) is 5.11. The number of piperidine rings is 1. The summed E-state index contributed by atoms with van der Waals surface area (Å²) in [7, 11) is 0. The first-order valence-electron chi connectivity index (χ1n) is 7.86. The second-order valence-electron chi connectivity index (χ2n) is 6.78. The van der Waals surface area contributed by atoms with Crippen LogP contribution in [-0.4, -0.2) is 22.6 Å². The van der Waals surface area contributed by atoms with Gasteiger partial charge in [-0.2, -0.15) is 0 Å². The van der Waals surface area contributed by atoms with E-state index in [1.165, 1.54) is 24.8 Å². The van der Waals surface area contributed by atoms with Crippen molar-refractivity contribution in [2.24, 2.45) is 5.92 Å². The number of hydrogen-bond donors (Lipinski definition) is 2. The lowest BCUT2D eigenvalue weighted by Gasteiger charge is -2.55. The van der Waals surface area contributed by atoms with Crippen LogP contribution in [0.2, 0.25) is 0 Å². The number of phenolic OH excluding ortho intramolecular Hbond substituents is 1. The molecule has 2 aliphatic carbocycles. The van der Waals surface area contributed by atoms with Gasteiger partial charge in [0.05, 0.1) is 4.92 Å². The molecule has 1 heterocycles. The lowest BCUT2D eigenvalue weighted by Crippen LogP contribution is -2.59. The van der Waals surface area contributed by atoms with Gasteiger partial charge in [-0.05, 0) is 55.3 Å². The highest BCUT2D eigenvalue weighted by Gasteiger charge is 2.51. The first-order chi connectivity index (χ1) is 10.1. The molecule has 1 saturated heterocycles. The Kier molecular flexibility index (Phi) is 2.76. The minimum atomic E-state index is -0.483. The van der Waals surface area contributed by atoms with Crippen molar-refractivity contribution in [3.05, 3.63) is 33.4 Å². The highest BCUT2D eigenvalue weighted by molar-refractivity contribution is 5.55. The van der Waals surface area contributed by atoms with Crippen LogP contribution in [0.1, 0.15) is 43.2 Å². The van der Waals surface area contributed by atoms with Crippen molar-refractivity contribution in [2.45, 2.75) is 50.0 Å². The van der Waals surface area contributed by atoms with Gasteiger partial charge in [0, 0.05) is 17.5 Å². The number of nitrogens with one attached hydrogen (secondary N) is 1. The Labute approximate surface area is 123 Å². The van der Waals surface area contributed by atoms with Gasteiger partial charge in [0.25, 0.3) is 0 Å². The summed E-state index contributed by atoms with van der Waals surface area (Å²) < 4.78 is 0. The van der Waals surface area contributed by atoms with Crippen LogP contribution in [0.5, 0.6) is 5.75 Å². The number of benzene rings is 1. The molecule has 2 N–H and O–H groups in total. The molecule has 0 unspecified atom stereocenters. The molecule has 4 rings (SSSR count). The Balaban J connectivity index is 1.90. The number of nitro benzene ring substituents is 1. The second kappa shape index (κ2) is 4.44. The zero-order valence-corrected chi connectivity index (χ0v) is 12.0. The van der Waals surface area contributed by atoms with E-state index in [9.17, 15) is 15.2 Å². The van der Waals surface area contributed by atoms with E-state index in [0.29, 0.717) is 12.0 Å². The van der Waals surface area contributed by atoms with Crippen molar-refractivity contribution >= 4 is 5.69 Å². The van der Waals surface area contributed by atoms with Gasteiger partial charge in [-0.1, -0.05) is 12.8 Å². The average molecular weight is 288 g/mol. The third-order valence-corrected chi connectivity index (χ3v) is 5.93. The fraction of sp³-hybridized carbons (Fsp3) is 0.625. The van der Waals surface area contributed by atoms with Crippen LogP contribution in [0.15, 0.2) is 12.1 Å². The highest BCUT2D eigenvalue weighted by atomic mass is 16.6. The van der Waals surface area contributed by atoms with Gasteiger partial charge < -0.3 is 10.4 Å². The highest BCUT2D eigenvalue weighted by Crippen LogP contribution is 2.55. The predicted octanol–water partition coefficient (Wildman–Crippen LogP) is 2.65. The maximum atomic E-state index is 11.1. The summed E-state index contributed by atoms with van der Waals surface area (Å²) in [5, 5.41) is 24.7. The van der Waals surface area contributed by atoms with Crippen LogP contribution in [0.4, 0.5) is 5.69 Å². The van der Waals surface area contributed by atoms with Gasteiger partial charge in [0.1, 0.15) is 0 Å². The molecular formula is C16H20N2O3. The predicted molar refractivity (Wildman–Crippen MR) is 78.5 cm³/mol. The summed E-state index contributed by atoms with van der Waals surface area (Å²) in [5.41, 5.74) is 2.23. The van der Waals surface area contributed by atoms with Gasteiger partial charge in [0.2, 0.25) is 0 Å². The number of aromatic hydroxyl groups is 1. The molecule has 1 aromatic rings. The molecular weight excluding hydrogens is 268 g/mol. The van der Waals surface area contributed by atoms with Crippen LogP contribution in [-0.2, 0) is 11.8 Å².